The van der Waals surface area contributed by atoms with Crippen LogP contribution in [0.3, 0.4) is 0 Å². The fraction of sp³-hybridized carbons (Fsp3) is 0.471. The third kappa shape index (κ3) is 6.51. The van der Waals surface area contributed by atoms with Crippen LogP contribution in [0.2, 0.25) is 0 Å². The molecule has 0 bridgehead atoms. The van der Waals surface area contributed by atoms with Crippen molar-refractivity contribution in [3.63, 3.8) is 0 Å². The van der Waals surface area contributed by atoms with E-state index in [0.717, 1.165) is 36.1 Å². The van der Waals surface area contributed by atoms with Crippen molar-refractivity contribution in [1.29, 1.82) is 0 Å². The van der Waals surface area contributed by atoms with Crippen LogP contribution in [0.25, 0.3) is 22.7 Å². The van der Waals surface area contributed by atoms with E-state index >= 15 is 0 Å². The Morgan fingerprint density at radius 1 is 1.11 bits per heavy atom. The number of aliphatic hydroxyl groups is 1. The number of hydrogen-bond donors (Lipinski definition) is 2. The molecule has 0 radical (unpaired) electrons. The molecule has 1 aliphatic carbocycles. The lowest BCUT2D eigenvalue weighted by Gasteiger charge is -2.41. The summed E-state index contributed by atoms with van der Waals surface area (Å²) in [5.74, 6) is 1.89. The number of benzene rings is 2. The zero-order valence-corrected chi connectivity index (χ0v) is 26.6. The van der Waals surface area contributed by atoms with Crippen LogP contribution in [0, 0.1) is 6.92 Å². The van der Waals surface area contributed by atoms with E-state index < -0.39 is 5.60 Å². The van der Waals surface area contributed by atoms with E-state index in [1.807, 2.05) is 58.0 Å². The molecular weight excluding hydrogens is 588 g/mol. The van der Waals surface area contributed by atoms with E-state index in [9.17, 15) is 9.90 Å². The van der Waals surface area contributed by atoms with Crippen molar-refractivity contribution in [1.82, 2.24) is 30.0 Å². The van der Waals surface area contributed by atoms with E-state index in [2.05, 4.69) is 15.5 Å². The van der Waals surface area contributed by atoms with E-state index in [-0.39, 0.29) is 24.6 Å². The number of amides is 1. The predicted molar refractivity (Wildman–Crippen MR) is 171 cm³/mol. The van der Waals surface area contributed by atoms with Gasteiger partial charge >= 0.3 is 0 Å². The van der Waals surface area contributed by atoms with E-state index in [1.54, 1.807) is 27.5 Å². The van der Waals surface area contributed by atoms with Gasteiger partial charge in [-0.3, -0.25) is 4.79 Å². The third-order valence-electron chi connectivity index (χ3n) is 8.99. The molecule has 3 atom stereocenters. The number of hydrogen-bond acceptors (Lipinski definition) is 10. The molecule has 1 aliphatic heterocycles. The van der Waals surface area contributed by atoms with Crippen LogP contribution in [0.5, 0.6) is 11.5 Å². The van der Waals surface area contributed by atoms with Crippen LogP contribution in [-0.2, 0) is 4.74 Å². The number of carbonyl (C=O) groups is 1. The Labute approximate surface area is 268 Å². The monoisotopic (exact) mass is 630 g/mol. The maximum absolute atomic E-state index is 14.4. The average Bonchev–Trinajstić information content (AvgIpc) is 3.72. The van der Waals surface area contributed by atoms with Gasteiger partial charge in [-0.2, -0.15) is 0 Å². The highest BCUT2D eigenvalue weighted by Gasteiger charge is 2.42. The second-order valence-electron chi connectivity index (χ2n) is 12.0. The molecule has 2 aromatic carbocycles. The van der Waals surface area contributed by atoms with Gasteiger partial charge in [-0.1, -0.05) is 43.2 Å². The molecule has 2 fully saturated rings. The second-order valence-corrected chi connectivity index (χ2v) is 12.0. The summed E-state index contributed by atoms with van der Waals surface area (Å²) < 4.78 is 24.8. The first-order valence-electron chi connectivity index (χ1n) is 15.9. The van der Waals surface area contributed by atoms with Crippen molar-refractivity contribution in [2.45, 2.75) is 56.7 Å². The van der Waals surface area contributed by atoms with E-state index in [1.165, 1.54) is 0 Å². The Balaban J connectivity index is 1.24. The second kappa shape index (κ2) is 14.0. The minimum Gasteiger partial charge on any atom is -0.493 e. The Morgan fingerprint density at radius 3 is 2.72 bits per heavy atom. The van der Waals surface area contributed by atoms with Crippen LogP contribution < -0.4 is 14.8 Å². The summed E-state index contributed by atoms with van der Waals surface area (Å²) in [7, 11) is 3.21. The molecule has 12 heteroatoms. The van der Waals surface area contributed by atoms with Crippen molar-refractivity contribution < 1.29 is 28.5 Å². The average molecular weight is 631 g/mol. The number of carbonyl (C=O) groups excluding carboxylic acids is 1. The van der Waals surface area contributed by atoms with Crippen LogP contribution in [0.4, 0.5) is 0 Å². The third-order valence-corrected chi connectivity index (χ3v) is 8.99. The maximum Gasteiger partial charge on any atom is 0.275 e. The minimum atomic E-state index is -1.05. The van der Waals surface area contributed by atoms with Crippen LogP contribution >= 0.6 is 0 Å². The van der Waals surface area contributed by atoms with Crippen molar-refractivity contribution in [2.75, 3.05) is 47.1 Å². The Bertz CT molecular complexity index is 1620. The summed E-state index contributed by atoms with van der Waals surface area (Å²) in [6, 6.07) is 14.9. The fourth-order valence-electron chi connectivity index (χ4n) is 6.72. The number of nitrogens with one attached hydrogen (secondary N) is 1. The molecule has 3 heterocycles. The molecule has 0 unspecified atom stereocenters. The molecule has 0 spiro atoms. The molecule has 12 nitrogen and oxygen atoms in total. The Hall–Kier alpha value is -4.26. The van der Waals surface area contributed by atoms with Crippen LogP contribution in [0.1, 0.15) is 54.5 Å². The van der Waals surface area contributed by atoms with E-state index in [0.29, 0.717) is 68.1 Å². The van der Waals surface area contributed by atoms with Crippen molar-refractivity contribution >= 4 is 5.91 Å². The lowest BCUT2D eigenvalue weighted by Crippen LogP contribution is -2.54. The predicted octanol–water partition coefficient (Wildman–Crippen LogP) is 4.29. The molecule has 2 N–H and O–H groups in total. The first kappa shape index (κ1) is 31.7. The highest BCUT2D eigenvalue weighted by Crippen LogP contribution is 2.41. The van der Waals surface area contributed by atoms with Gasteiger partial charge in [0.1, 0.15) is 5.60 Å². The van der Waals surface area contributed by atoms with Crippen LogP contribution in [0.15, 0.2) is 59.3 Å². The molecular formula is C34H42N6O6. The lowest BCUT2D eigenvalue weighted by molar-refractivity contribution is -0.0893. The summed E-state index contributed by atoms with van der Waals surface area (Å²) in [5, 5.41) is 23.2. The Kier molecular flexibility index (Phi) is 9.67. The van der Waals surface area contributed by atoms with Gasteiger partial charge in [0.15, 0.2) is 17.2 Å². The normalized spacial score (nSPS) is 21.7. The summed E-state index contributed by atoms with van der Waals surface area (Å²) >= 11 is 0. The highest BCUT2D eigenvalue weighted by atomic mass is 16.5. The first-order chi connectivity index (χ1) is 22.4. The highest BCUT2D eigenvalue weighted by molar-refractivity contribution is 5.98. The zero-order valence-electron chi connectivity index (χ0n) is 26.6. The van der Waals surface area contributed by atoms with Gasteiger partial charge in [0.2, 0.25) is 11.8 Å². The molecule has 244 valence electrons. The number of imidazole rings is 1. The van der Waals surface area contributed by atoms with Gasteiger partial charge in [0.25, 0.3) is 5.91 Å². The summed E-state index contributed by atoms with van der Waals surface area (Å²) in [5.41, 5.74) is 1.67. The topological polar surface area (TPSA) is 137 Å². The number of aromatic nitrogens is 4. The van der Waals surface area contributed by atoms with Crippen LogP contribution in [-0.4, -0.2) is 94.4 Å². The number of piperazine rings is 1. The molecule has 2 aromatic heterocycles. The van der Waals surface area contributed by atoms with Crippen molar-refractivity contribution in [3.8, 4) is 34.2 Å². The summed E-state index contributed by atoms with van der Waals surface area (Å²) in [4.78, 5) is 21.0. The van der Waals surface area contributed by atoms with Crippen molar-refractivity contribution in [3.05, 3.63) is 66.4 Å². The quantitative estimate of drug-likeness (QED) is 0.247. The smallest absolute Gasteiger partial charge is 0.275 e. The van der Waals surface area contributed by atoms with E-state index in [4.69, 9.17) is 23.6 Å². The molecule has 4 aromatic rings. The molecule has 6 rings (SSSR count). The molecule has 2 aliphatic rings. The Morgan fingerprint density at radius 2 is 1.96 bits per heavy atom. The zero-order chi connectivity index (χ0) is 32.1. The molecule has 1 saturated heterocycles. The largest absolute Gasteiger partial charge is 0.493 e. The van der Waals surface area contributed by atoms with Gasteiger partial charge in [-0.05, 0) is 31.0 Å². The fourth-order valence-corrected chi connectivity index (χ4v) is 6.72. The SMILES string of the molecule is COC[C@]1(O)CCCC[C@H]1n1cnc(C(=O)N2CCNC[C@H]2CCOc2cc(-c3nnc(C)o3)ccc2OC)c1-c1ccccc1. The number of methoxy groups -OCH3 is 2. The first-order valence-corrected chi connectivity index (χ1v) is 15.9. The number of nitrogens with zero attached hydrogens (tertiary/aromatic N) is 5. The van der Waals surface area contributed by atoms with Gasteiger partial charge in [0.05, 0.1) is 38.4 Å². The molecule has 1 amide bonds. The lowest BCUT2D eigenvalue weighted by atomic mass is 9.80. The maximum atomic E-state index is 14.4. The van der Waals surface area contributed by atoms with Gasteiger partial charge in [-0.15, -0.1) is 10.2 Å². The summed E-state index contributed by atoms with van der Waals surface area (Å²) in [6.07, 6.45) is 5.61. The number of ether oxygens (including phenoxy) is 3. The number of rotatable bonds is 11. The molecule has 46 heavy (non-hydrogen) atoms. The standard InChI is InChI=1S/C34H42N6O6/c1-23-37-38-32(46-23)25-12-13-27(44-3)28(19-25)45-18-14-26-20-35-16-17-39(26)33(41)30-31(24-9-5-4-6-10-24)40(22-36-30)29-11-7-8-15-34(29,42)21-43-2/h4-6,9-10,12-13,19,22,26,29,35,42H,7-8,11,14-18,20-21H2,1-3H3/t26-,29-,34-/m1/s1. The van der Waals surface area contributed by atoms with Gasteiger partial charge in [-0.25, -0.2) is 4.98 Å². The molecule has 1 saturated carbocycles. The van der Waals surface area contributed by atoms with Gasteiger partial charge < -0.3 is 38.5 Å². The summed E-state index contributed by atoms with van der Waals surface area (Å²) in [6.45, 7) is 4.16. The van der Waals surface area contributed by atoms with Gasteiger partial charge in [0, 0.05) is 57.3 Å². The number of aryl methyl sites for hydroxylation is 1. The van der Waals surface area contributed by atoms with Crippen molar-refractivity contribution in [2.24, 2.45) is 0 Å². The minimum absolute atomic E-state index is 0.122.